The summed E-state index contributed by atoms with van der Waals surface area (Å²) in [5.74, 6) is 0.772. The van der Waals surface area contributed by atoms with Crippen LogP contribution in [0.1, 0.15) is 12.0 Å². The largest absolute Gasteiger partial charge is 0.493 e. The monoisotopic (exact) mass is 452 g/mol. The van der Waals surface area contributed by atoms with Gasteiger partial charge in [0.1, 0.15) is 0 Å². The highest BCUT2D eigenvalue weighted by atomic mass is 127. The maximum absolute atomic E-state index is 12.6. The number of carbonyl (C=O) groups excluding carboxylic acids is 2. The molecular weight excluding hydrogens is 435 g/mol. The van der Waals surface area contributed by atoms with Gasteiger partial charge in [-0.25, -0.2) is 0 Å². The predicted octanol–water partition coefficient (Wildman–Crippen LogP) is 2.45. The minimum absolute atomic E-state index is 0.182. The average Bonchev–Trinajstić information content (AvgIpc) is 3.27. The van der Waals surface area contributed by atoms with E-state index < -0.39 is 0 Å². The van der Waals surface area contributed by atoms with Crippen LogP contribution in [0.25, 0.3) is 0 Å². The Bertz CT molecular complexity index is 790. The van der Waals surface area contributed by atoms with Crippen LogP contribution in [0.5, 0.6) is 11.5 Å². The second-order valence-electron chi connectivity index (χ2n) is 6.47. The molecule has 0 aromatic heterocycles. The number of hydrazone groups is 1. The Hall–Kier alpha value is -1.90. The van der Waals surface area contributed by atoms with E-state index >= 15 is 0 Å². The lowest BCUT2D eigenvalue weighted by atomic mass is 9.85. The van der Waals surface area contributed by atoms with Gasteiger partial charge < -0.3 is 9.47 Å². The third-order valence-electron chi connectivity index (χ3n) is 5.23. The number of nitrogens with zero attached hydrogens (tertiary/aromatic N) is 2. The molecule has 0 spiro atoms. The van der Waals surface area contributed by atoms with E-state index in [1.807, 2.05) is 6.07 Å². The molecule has 2 fully saturated rings. The summed E-state index contributed by atoms with van der Waals surface area (Å²) >= 11 is 2.14. The van der Waals surface area contributed by atoms with Gasteiger partial charge in [0.15, 0.2) is 11.5 Å². The lowest BCUT2D eigenvalue weighted by molar-refractivity contribution is -0.140. The molecule has 1 aromatic rings. The second kappa shape index (κ2) is 6.12. The Morgan fingerprint density at radius 1 is 1.12 bits per heavy atom. The van der Waals surface area contributed by atoms with Gasteiger partial charge in [-0.3, -0.25) is 9.59 Å². The van der Waals surface area contributed by atoms with Crippen molar-refractivity contribution < 1.29 is 19.1 Å². The van der Waals surface area contributed by atoms with Gasteiger partial charge in [-0.15, -0.1) is 0 Å². The minimum atomic E-state index is -0.231. The predicted molar refractivity (Wildman–Crippen MR) is 99.4 cm³/mol. The van der Waals surface area contributed by atoms with Crippen molar-refractivity contribution in [2.45, 2.75) is 6.42 Å². The molecule has 130 valence electrons. The zero-order valence-corrected chi connectivity index (χ0v) is 16.0. The van der Waals surface area contributed by atoms with Crippen molar-refractivity contribution in [3.05, 3.63) is 33.4 Å². The van der Waals surface area contributed by atoms with Gasteiger partial charge in [-0.05, 0) is 58.5 Å². The Morgan fingerprint density at radius 3 is 2.32 bits per heavy atom. The molecule has 1 heterocycles. The van der Waals surface area contributed by atoms with E-state index in [0.29, 0.717) is 11.5 Å². The first-order valence-corrected chi connectivity index (χ1v) is 9.14. The highest BCUT2D eigenvalue weighted by Gasteiger charge is 2.59. The normalized spacial score (nSPS) is 29.8. The summed E-state index contributed by atoms with van der Waals surface area (Å²) in [6, 6.07) is 3.63. The lowest BCUT2D eigenvalue weighted by Crippen LogP contribution is -2.28. The van der Waals surface area contributed by atoms with E-state index in [4.69, 9.17) is 9.47 Å². The van der Waals surface area contributed by atoms with E-state index in [1.54, 1.807) is 20.3 Å². The number of halogens is 1. The topological polar surface area (TPSA) is 68.2 Å². The van der Waals surface area contributed by atoms with Crippen molar-refractivity contribution >= 4 is 40.6 Å². The zero-order valence-electron chi connectivity index (χ0n) is 13.8. The van der Waals surface area contributed by atoms with Gasteiger partial charge in [0.25, 0.3) is 11.8 Å². The molecule has 3 aliphatic rings. The molecule has 1 saturated heterocycles. The van der Waals surface area contributed by atoms with E-state index in [0.717, 1.165) is 20.6 Å². The van der Waals surface area contributed by atoms with E-state index in [2.05, 4.69) is 39.8 Å². The number of ether oxygens (including phenoxy) is 2. The van der Waals surface area contributed by atoms with Crippen LogP contribution in [0.4, 0.5) is 0 Å². The summed E-state index contributed by atoms with van der Waals surface area (Å²) in [4.78, 5) is 25.2. The molecule has 1 aliphatic heterocycles. The van der Waals surface area contributed by atoms with Crippen LogP contribution >= 0.6 is 22.6 Å². The van der Waals surface area contributed by atoms with Crippen LogP contribution in [0.3, 0.4) is 0 Å². The van der Waals surface area contributed by atoms with Crippen LogP contribution in [-0.2, 0) is 9.59 Å². The third-order valence-corrected chi connectivity index (χ3v) is 6.03. The van der Waals surface area contributed by atoms with Crippen molar-refractivity contribution in [3.63, 3.8) is 0 Å². The second-order valence-corrected chi connectivity index (χ2v) is 7.63. The number of benzene rings is 1. The number of allylic oxidation sites excluding steroid dienone is 2. The van der Waals surface area contributed by atoms with Crippen molar-refractivity contribution in [1.82, 2.24) is 5.01 Å². The number of amides is 2. The van der Waals surface area contributed by atoms with Gasteiger partial charge in [0.05, 0.1) is 35.8 Å². The molecule has 1 saturated carbocycles. The summed E-state index contributed by atoms with van der Waals surface area (Å²) in [6.45, 7) is 0. The minimum Gasteiger partial charge on any atom is -0.493 e. The van der Waals surface area contributed by atoms with Gasteiger partial charge in [0.2, 0.25) is 0 Å². The van der Waals surface area contributed by atoms with Crippen LogP contribution < -0.4 is 9.47 Å². The van der Waals surface area contributed by atoms with Crippen molar-refractivity contribution in [1.29, 1.82) is 0 Å². The van der Waals surface area contributed by atoms with Gasteiger partial charge in [-0.1, -0.05) is 12.2 Å². The lowest BCUT2D eigenvalue weighted by Gasteiger charge is -2.13. The fourth-order valence-corrected chi connectivity index (χ4v) is 4.98. The Morgan fingerprint density at radius 2 is 1.76 bits per heavy atom. The highest BCUT2D eigenvalue weighted by Crippen LogP contribution is 2.52. The highest BCUT2D eigenvalue weighted by molar-refractivity contribution is 14.1. The van der Waals surface area contributed by atoms with Crippen molar-refractivity contribution in [3.8, 4) is 11.5 Å². The summed E-state index contributed by atoms with van der Waals surface area (Å²) in [5.41, 5.74) is 0.737. The summed E-state index contributed by atoms with van der Waals surface area (Å²) in [5, 5.41) is 5.24. The van der Waals surface area contributed by atoms with Crippen LogP contribution in [0, 0.1) is 27.2 Å². The zero-order chi connectivity index (χ0) is 17.7. The first-order chi connectivity index (χ1) is 12.0. The smallest absolute Gasteiger partial charge is 0.254 e. The maximum Gasteiger partial charge on any atom is 0.254 e. The van der Waals surface area contributed by atoms with Gasteiger partial charge in [0, 0.05) is 0 Å². The Kier molecular flexibility index (Phi) is 4.05. The SMILES string of the molecule is COc1cc(C=NN2C(=O)[C@@H]3[C@H](C2=O)[C@H]2C=C[C@H]3C2)cc(I)c1OC. The molecule has 0 radical (unpaired) electrons. The van der Waals surface area contributed by atoms with Crippen molar-refractivity contribution in [2.75, 3.05) is 14.2 Å². The molecule has 2 aliphatic carbocycles. The van der Waals surface area contributed by atoms with Crippen LogP contribution in [-0.4, -0.2) is 37.3 Å². The number of fused-ring (bicyclic) bond motifs is 5. The molecular formula is C18H17IN2O4. The summed E-state index contributed by atoms with van der Waals surface area (Å²) in [6.07, 6.45) is 6.58. The third kappa shape index (κ3) is 2.47. The molecule has 6 nitrogen and oxygen atoms in total. The fraction of sp³-hybridized carbons (Fsp3) is 0.389. The summed E-state index contributed by atoms with van der Waals surface area (Å²) < 4.78 is 11.5. The molecule has 25 heavy (non-hydrogen) atoms. The van der Waals surface area contributed by atoms with Crippen LogP contribution in [0.15, 0.2) is 29.4 Å². The number of hydrogen-bond donors (Lipinski definition) is 0. The molecule has 1 aromatic carbocycles. The first kappa shape index (κ1) is 16.6. The van der Waals surface area contributed by atoms with Crippen LogP contribution in [0.2, 0.25) is 0 Å². The van der Waals surface area contributed by atoms with E-state index in [1.165, 1.54) is 6.21 Å². The van der Waals surface area contributed by atoms with Gasteiger partial charge >= 0.3 is 0 Å². The number of imide groups is 1. The quantitative estimate of drug-likeness (QED) is 0.305. The molecule has 4 rings (SSSR count). The Balaban J connectivity index is 1.60. The molecule has 4 atom stereocenters. The molecule has 0 N–H and O–H groups in total. The van der Waals surface area contributed by atoms with Gasteiger partial charge in [-0.2, -0.15) is 10.1 Å². The molecule has 7 heteroatoms. The first-order valence-electron chi connectivity index (χ1n) is 8.06. The fourth-order valence-electron chi connectivity index (χ4n) is 4.14. The molecule has 0 unspecified atom stereocenters. The number of rotatable bonds is 4. The maximum atomic E-state index is 12.6. The number of carbonyl (C=O) groups is 2. The van der Waals surface area contributed by atoms with Crippen molar-refractivity contribution in [2.24, 2.45) is 28.8 Å². The number of hydrogen-bond acceptors (Lipinski definition) is 5. The Labute approximate surface area is 159 Å². The molecule has 2 bridgehead atoms. The molecule has 2 amide bonds. The standard InChI is InChI=1S/C18H17IN2O4/c1-24-13-6-9(5-12(19)16(13)25-2)8-20-21-17(22)14-10-3-4-11(7-10)15(14)18(21)23/h3-6,8,10-11,14-15H,7H2,1-2H3/t10-,11-,14-,15+/m0/s1. The van der Waals surface area contributed by atoms with E-state index in [9.17, 15) is 9.59 Å². The number of methoxy groups -OCH3 is 2. The summed E-state index contributed by atoms with van der Waals surface area (Å²) in [7, 11) is 3.14. The average molecular weight is 452 g/mol. The van der Waals surface area contributed by atoms with E-state index in [-0.39, 0.29) is 35.5 Å².